The molecule has 4 rings (SSSR count). The number of aromatic nitrogens is 5. The maximum absolute atomic E-state index is 16.5. The van der Waals surface area contributed by atoms with Crippen molar-refractivity contribution in [1.29, 1.82) is 0 Å². The Labute approximate surface area is 260 Å². The summed E-state index contributed by atoms with van der Waals surface area (Å²) in [5.41, 5.74) is -2.10. The normalized spacial score (nSPS) is 14.3. The number of rotatable bonds is 12. The quantitative estimate of drug-likeness (QED) is 0.160. The maximum Gasteiger partial charge on any atom is 0.246 e. The molecule has 232 valence electrons. The van der Waals surface area contributed by atoms with Crippen LogP contribution in [0.3, 0.4) is 0 Å². The van der Waals surface area contributed by atoms with Crippen LogP contribution in [0, 0.1) is 6.92 Å². The van der Waals surface area contributed by atoms with Crippen molar-refractivity contribution < 1.29 is 26.7 Å². The molecule has 4 aromatic rings. The second kappa shape index (κ2) is 12.4. The molecule has 3 aromatic heterocycles. The Kier molecular flexibility index (Phi) is 9.37. The fourth-order valence-electron chi connectivity index (χ4n) is 4.40. The van der Waals surface area contributed by atoms with Crippen LogP contribution >= 0.6 is 15.9 Å². The van der Waals surface area contributed by atoms with E-state index in [1.807, 2.05) is 0 Å². The van der Waals surface area contributed by atoms with Crippen molar-refractivity contribution in [2.24, 2.45) is 0 Å². The Balaban J connectivity index is 1.99. The molecule has 3 heterocycles. The van der Waals surface area contributed by atoms with Gasteiger partial charge in [-0.1, -0.05) is 25.7 Å². The molecule has 0 aliphatic carbocycles. The van der Waals surface area contributed by atoms with Crippen LogP contribution in [0.15, 0.2) is 51.6 Å². The highest BCUT2D eigenvalue weighted by atomic mass is 79.9. The molecular formula is C28H36BrFN6O5SSi. The summed E-state index contributed by atoms with van der Waals surface area (Å²) < 4.78 is 66.0. The van der Waals surface area contributed by atoms with Crippen LogP contribution in [0.4, 0.5) is 10.3 Å². The average Bonchev–Trinajstić information content (AvgIpc) is 3.57. The molecule has 43 heavy (non-hydrogen) atoms. The van der Waals surface area contributed by atoms with E-state index in [1.54, 1.807) is 37.3 Å². The van der Waals surface area contributed by atoms with Gasteiger partial charge in [-0.3, -0.25) is 4.57 Å². The van der Waals surface area contributed by atoms with E-state index in [0.717, 1.165) is 4.31 Å². The largest absolute Gasteiger partial charge is 0.494 e. The smallest absolute Gasteiger partial charge is 0.246 e. The zero-order valence-corrected chi connectivity index (χ0v) is 28.8. The van der Waals surface area contributed by atoms with Gasteiger partial charge in [0.25, 0.3) is 0 Å². The van der Waals surface area contributed by atoms with E-state index in [-0.39, 0.29) is 24.1 Å². The van der Waals surface area contributed by atoms with Gasteiger partial charge in [0.15, 0.2) is 17.3 Å². The lowest BCUT2D eigenvalue weighted by molar-refractivity contribution is 0.174. The Morgan fingerprint density at radius 2 is 1.70 bits per heavy atom. The van der Waals surface area contributed by atoms with Crippen LogP contribution in [0.2, 0.25) is 25.7 Å². The minimum atomic E-state index is -4.47. The fourth-order valence-corrected chi connectivity index (χ4v) is 7.40. The minimum absolute atomic E-state index is 0.0342. The van der Waals surface area contributed by atoms with Gasteiger partial charge in [0, 0.05) is 27.0 Å². The van der Waals surface area contributed by atoms with E-state index in [0.29, 0.717) is 39.2 Å². The number of benzene rings is 1. The Morgan fingerprint density at radius 3 is 2.21 bits per heavy atom. The maximum atomic E-state index is 16.5. The predicted molar refractivity (Wildman–Crippen MR) is 169 cm³/mol. The van der Waals surface area contributed by atoms with Gasteiger partial charge in [0.2, 0.25) is 21.8 Å². The first-order valence-corrected chi connectivity index (χ1v) is 19.5. The predicted octanol–water partition coefficient (Wildman–Crippen LogP) is 6.15. The van der Waals surface area contributed by atoms with Crippen LogP contribution in [0.25, 0.3) is 17.3 Å². The number of ether oxygens (including phenoxy) is 2. The van der Waals surface area contributed by atoms with E-state index in [4.69, 9.17) is 13.9 Å². The summed E-state index contributed by atoms with van der Waals surface area (Å²) in [7, 11) is -3.31. The number of halogens is 2. The summed E-state index contributed by atoms with van der Waals surface area (Å²) in [5.74, 6) is 1.61. The number of aryl methyl sites for hydroxylation is 1. The highest BCUT2D eigenvalue weighted by Gasteiger charge is 2.48. The van der Waals surface area contributed by atoms with Crippen LogP contribution < -0.4 is 13.8 Å². The van der Waals surface area contributed by atoms with Gasteiger partial charge in [-0.2, -0.15) is 0 Å². The van der Waals surface area contributed by atoms with Crippen LogP contribution in [0.5, 0.6) is 11.5 Å². The van der Waals surface area contributed by atoms with Crippen molar-refractivity contribution in [3.63, 3.8) is 0 Å². The van der Waals surface area contributed by atoms with Crippen molar-refractivity contribution in [1.82, 2.24) is 24.7 Å². The number of anilines is 1. The Bertz CT molecular complexity index is 1670. The zero-order chi connectivity index (χ0) is 31.7. The Morgan fingerprint density at radius 1 is 1.09 bits per heavy atom. The third kappa shape index (κ3) is 6.62. The van der Waals surface area contributed by atoms with Gasteiger partial charge >= 0.3 is 0 Å². The lowest BCUT2D eigenvalue weighted by Crippen LogP contribution is -2.48. The van der Waals surface area contributed by atoms with Crippen molar-refractivity contribution in [2.45, 2.75) is 57.4 Å². The van der Waals surface area contributed by atoms with E-state index in [2.05, 4.69) is 55.7 Å². The second-order valence-electron chi connectivity index (χ2n) is 11.5. The number of hydrogen-bond donors (Lipinski definition) is 0. The number of para-hydroxylation sites is 1. The van der Waals surface area contributed by atoms with Crippen LogP contribution in [0.1, 0.15) is 25.4 Å². The highest BCUT2D eigenvalue weighted by molar-refractivity contribution is 9.10. The molecule has 0 bridgehead atoms. The van der Waals surface area contributed by atoms with Gasteiger partial charge in [-0.15, -0.1) is 10.2 Å². The summed E-state index contributed by atoms with van der Waals surface area (Å²) in [4.78, 5) is 8.14. The molecule has 0 radical (unpaired) electrons. The summed E-state index contributed by atoms with van der Waals surface area (Å²) in [6.07, 6.45) is 2.76. The number of sulfonamides is 1. The number of nitrogens with zero attached hydrogens (tertiary/aromatic N) is 6. The first-order chi connectivity index (χ1) is 20.1. The summed E-state index contributed by atoms with van der Waals surface area (Å²) in [6, 6.07) is 9.21. The molecule has 0 aliphatic rings. The van der Waals surface area contributed by atoms with Crippen molar-refractivity contribution in [3.05, 3.63) is 58.8 Å². The third-order valence-corrected chi connectivity index (χ3v) is 11.5. The van der Waals surface area contributed by atoms with Gasteiger partial charge in [-0.05, 0) is 67.0 Å². The van der Waals surface area contributed by atoms with Crippen LogP contribution in [-0.2, 0) is 15.7 Å². The van der Waals surface area contributed by atoms with E-state index in [9.17, 15) is 8.42 Å². The molecule has 0 fully saturated rings. The standard InChI is InChI=1S/C28H36BrFN6O5SSi/c1-18-12-13-23(41-18)25-33-34-27(36(25)24-21(39-4)10-9-11-22(24)40-5)35(14-15-43(6,7)8)42(37,38)19(2)28(3,30)26-31-16-20(29)17-32-26/h9-13,16-17,19H,14-15H2,1-8H3. The van der Waals surface area contributed by atoms with E-state index >= 15 is 4.39 Å². The summed E-state index contributed by atoms with van der Waals surface area (Å²) in [6.45, 7) is 10.7. The molecule has 0 amide bonds. The van der Waals surface area contributed by atoms with Gasteiger partial charge < -0.3 is 13.9 Å². The van der Waals surface area contributed by atoms with Gasteiger partial charge in [-0.25, -0.2) is 27.1 Å². The number of furan rings is 1. The number of hydrogen-bond acceptors (Lipinski definition) is 9. The summed E-state index contributed by atoms with van der Waals surface area (Å²) >= 11 is 3.24. The highest BCUT2D eigenvalue weighted by Crippen LogP contribution is 2.41. The first-order valence-electron chi connectivity index (χ1n) is 13.5. The minimum Gasteiger partial charge on any atom is -0.494 e. The topological polar surface area (TPSA) is 125 Å². The third-order valence-electron chi connectivity index (χ3n) is 7.10. The molecule has 0 spiro atoms. The molecule has 0 N–H and O–H groups in total. The van der Waals surface area contributed by atoms with Gasteiger partial charge in [0.05, 0.1) is 18.7 Å². The Hall–Kier alpha value is -3.30. The zero-order valence-electron chi connectivity index (χ0n) is 25.4. The molecule has 2 atom stereocenters. The van der Waals surface area contributed by atoms with Crippen molar-refractivity contribution in [3.8, 4) is 28.8 Å². The molecule has 1 aromatic carbocycles. The van der Waals surface area contributed by atoms with Gasteiger partial charge in [0.1, 0.15) is 28.2 Å². The fraction of sp³-hybridized carbons (Fsp3) is 0.429. The van der Waals surface area contributed by atoms with E-state index < -0.39 is 29.0 Å². The van der Waals surface area contributed by atoms with Crippen molar-refractivity contribution in [2.75, 3.05) is 25.1 Å². The summed E-state index contributed by atoms with van der Waals surface area (Å²) in [5, 5.41) is 7.16. The first kappa shape index (κ1) is 32.6. The lowest BCUT2D eigenvalue weighted by atomic mass is 10.0. The average molecular weight is 696 g/mol. The molecular weight excluding hydrogens is 659 g/mol. The molecule has 0 aliphatic heterocycles. The SMILES string of the molecule is COc1cccc(OC)c1-n1c(-c2ccc(C)o2)nnc1N(CC[Si](C)(C)C)S(=O)(=O)C(C)C(C)(F)c1ncc(Br)cn1. The molecule has 0 saturated carbocycles. The van der Waals surface area contributed by atoms with Crippen LogP contribution in [-0.4, -0.2) is 67.2 Å². The van der Waals surface area contributed by atoms with E-state index in [1.165, 1.54) is 45.0 Å². The second-order valence-corrected chi connectivity index (χ2v) is 20.2. The van der Waals surface area contributed by atoms with Crippen molar-refractivity contribution >= 4 is 40.0 Å². The molecule has 11 nitrogen and oxygen atoms in total. The molecule has 15 heteroatoms. The molecule has 2 unspecified atom stereocenters. The number of methoxy groups -OCH3 is 2. The lowest BCUT2D eigenvalue weighted by Gasteiger charge is -2.33. The number of alkyl halides is 1. The molecule has 0 saturated heterocycles. The monoisotopic (exact) mass is 694 g/mol.